The SMILES string of the molecule is O=C(O)N(C1CN2CCC1CC2)[C@@H]1C[C@H]1c1ccccc1. The summed E-state index contributed by atoms with van der Waals surface area (Å²) in [4.78, 5) is 16.1. The zero-order valence-electron chi connectivity index (χ0n) is 12.2. The second-order valence-corrected chi connectivity index (χ2v) is 6.72. The first-order valence-electron chi connectivity index (χ1n) is 8.02. The maximum atomic E-state index is 11.8. The summed E-state index contributed by atoms with van der Waals surface area (Å²) in [6, 6.07) is 10.8. The molecule has 21 heavy (non-hydrogen) atoms. The number of carbonyl (C=O) groups is 1. The van der Waals surface area contributed by atoms with Crippen LogP contribution in [0.25, 0.3) is 0 Å². The van der Waals surface area contributed by atoms with Crippen molar-refractivity contribution in [3.05, 3.63) is 35.9 Å². The maximum Gasteiger partial charge on any atom is 0.407 e. The standard InChI is InChI=1S/C17H22N2O2/c20-17(21)19(16-11-18-8-6-13(16)7-9-18)15-10-14(15)12-4-2-1-3-5-12/h1-5,13-16H,6-11H2,(H,20,21)/t14-,15+,16?/m0/s1. The molecule has 3 heterocycles. The lowest BCUT2D eigenvalue weighted by atomic mass is 9.83. The summed E-state index contributed by atoms with van der Waals surface area (Å²) in [5, 5.41) is 9.74. The lowest BCUT2D eigenvalue weighted by Crippen LogP contribution is -2.59. The van der Waals surface area contributed by atoms with Gasteiger partial charge in [-0.3, -0.25) is 0 Å². The van der Waals surface area contributed by atoms with E-state index in [2.05, 4.69) is 17.0 Å². The average molecular weight is 286 g/mol. The number of hydrogen-bond acceptors (Lipinski definition) is 2. The van der Waals surface area contributed by atoms with Crippen molar-refractivity contribution in [1.82, 2.24) is 9.80 Å². The molecule has 3 saturated heterocycles. The molecule has 2 bridgehead atoms. The van der Waals surface area contributed by atoms with Crippen LogP contribution in [-0.4, -0.2) is 52.7 Å². The van der Waals surface area contributed by atoms with E-state index >= 15 is 0 Å². The van der Waals surface area contributed by atoms with Gasteiger partial charge in [-0.1, -0.05) is 30.3 Å². The van der Waals surface area contributed by atoms with E-state index in [-0.39, 0.29) is 12.1 Å². The summed E-state index contributed by atoms with van der Waals surface area (Å²) in [7, 11) is 0. The summed E-state index contributed by atoms with van der Waals surface area (Å²) < 4.78 is 0. The minimum atomic E-state index is -0.725. The molecule has 1 aliphatic carbocycles. The molecule has 1 saturated carbocycles. The highest BCUT2D eigenvalue weighted by Gasteiger charge is 2.50. The van der Waals surface area contributed by atoms with Gasteiger partial charge in [0.05, 0.1) is 6.04 Å². The van der Waals surface area contributed by atoms with Gasteiger partial charge in [0, 0.05) is 18.5 Å². The molecule has 1 aromatic carbocycles. The molecule has 5 rings (SSSR count). The van der Waals surface area contributed by atoms with E-state index in [9.17, 15) is 9.90 Å². The molecular formula is C17H22N2O2. The van der Waals surface area contributed by atoms with E-state index in [4.69, 9.17) is 0 Å². The first-order chi connectivity index (χ1) is 10.2. The summed E-state index contributed by atoms with van der Waals surface area (Å²) in [5.74, 6) is 0.973. The lowest BCUT2D eigenvalue weighted by molar-refractivity contribution is 0.00657. The van der Waals surface area contributed by atoms with Crippen LogP contribution < -0.4 is 0 Å². The van der Waals surface area contributed by atoms with Crippen LogP contribution in [0.1, 0.15) is 30.7 Å². The Morgan fingerprint density at radius 3 is 2.43 bits per heavy atom. The minimum absolute atomic E-state index is 0.190. The Labute approximate surface area is 125 Å². The van der Waals surface area contributed by atoms with Crippen molar-refractivity contribution in [3.63, 3.8) is 0 Å². The number of hydrogen-bond donors (Lipinski definition) is 1. The third-order valence-corrected chi connectivity index (χ3v) is 5.54. The van der Waals surface area contributed by atoms with Gasteiger partial charge in [-0.25, -0.2) is 4.79 Å². The van der Waals surface area contributed by atoms with Crippen molar-refractivity contribution >= 4 is 6.09 Å². The molecular weight excluding hydrogens is 264 g/mol. The molecule has 1 aromatic rings. The van der Waals surface area contributed by atoms with E-state index in [0.29, 0.717) is 11.8 Å². The van der Waals surface area contributed by atoms with Crippen LogP contribution in [0.4, 0.5) is 4.79 Å². The van der Waals surface area contributed by atoms with Gasteiger partial charge in [0.15, 0.2) is 0 Å². The van der Waals surface area contributed by atoms with E-state index in [1.54, 1.807) is 4.90 Å². The van der Waals surface area contributed by atoms with Crippen molar-refractivity contribution in [3.8, 4) is 0 Å². The van der Waals surface area contributed by atoms with E-state index in [1.165, 1.54) is 5.56 Å². The van der Waals surface area contributed by atoms with Crippen LogP contribution in [0, 0.1) is 5.92 Å². The van der Waals surface area contributed by atoms with Crippen molar-refractivity contribution in [2.24, 2.45) is 5.92 Å². The third kappa shape index (κ3) is 2.31. The highest BCUT2D eigenvalue weighted by atomic mass is 16.4. The quantitative estimate of drug-likeness (QED) is 0.929. The highest BCUT2D eigenvalue weighted by molar-refractivity contribution is 5.67. The molecule has 1 N–H and O–H groups in total. The zero-order valence-corrected chi connectivity index (χ0v) is 12.2. The monoisotopic (exact) mass is 286 g/mol. The van der Waals surface area contributed by atoms with Crippen molar-refractivity contribution < 1.29 is 9.90 Å². The second kappa shape index (κ2) is 5.02. The summed E-state index contributed by atoms with van der Waals surface area (Å²) in [5.41, 5.74) is 1.29. The van der Waals surface area contributed by atoms with Crippen LogP contribution >= 0.6 is 0 Å². The van der Waals surface area contributed by atoms with Gasteiger partial charge in [0.25, 0.3) is 0 Å². The van der Waals surface area contributed by atoms with Gasteiger partial charge in [-0.15, -0.1) is 0 Å². The Morgan fingerprint density at radius 2 is 1.86 bits per heavy atom. The molecule has 1 unspecified atom stereocenters. The van der Waals surface area contributed by atoms with Gasteiger partial charge < -0.3 is 14.9 Å². The molecule has 4 nitrogen and oxygen atoms in total. The van der Waals surface area contributed by atoms with E-state index < -0.39 is 6.09 Å². The van der Waals surface area contributed by atoms with Gasteiger partial charge in [0.2, 0.25) is 0 Å². The van der Waals surface area contributed by atoms with Gasteiger partial charge in [0.1, 0.15) is 0 Å². The first-order valence-corrected chi connectivity index (χ1v) is 8.02. The van der Waals surface area contributed by atoms with E-state index in [1.807, 2.05) is 18.2 Å². The van der Waals surface area contributed by atoms with Crippen LogP contribution in [0.3, 0.4) is 0 Å². The van der Waals surface area contributed by atoms with Crippen molar-refractivity contribution in [2.45, 2.75) is 37.3 Å². The Balaban J connectivity index is 1.53. The van der Waals surface area contributed by atoms with Crippen LogP contribution in [0.2, 0.25) is 0 Å². The van der Waals surface area contributed by atoms with Crippen LogP contribution in [-0.2, 0) is 0 Å². The van der Waals surface area contributed by atoms with Crippen molar-refractivity contribution in [2.75, 3.05) is 19.6 Å². The van der Waals surface area contributed by atoms with E-state index in [0.717, 1.165) is 38.9 Å². The number of fused-ring (bicyclic) bond motifs is 3. The largest absolute Gasteiger partial charge is 0.465 e. The average Bonchev–Trinajstić information content (AvgIpc) is 3.29. The molecule has 4 heteroatoms. The molecule has 0 radical (unpaired) electrons. The summed E-state index contributed by atoms with van der Waals surface area (Å²) in [6.07, 6.45) is 2.59. The number of rotatable bonds is 3. The molecule has 4 fully saturated rings. The topological polar surface area (TPSA) is 43.8 Å². The molecule has 4 aliphatic rings. The molecule has 0 aromatic heterocycles. The number of nitrogens with zero attached hydrogens (tertiary/aromatic N) is 2. The van der Waals surface area contributed by atoms with Crippen LogP contribution in [0.15, 0.2) is 30.3 Å². The first kappa shape index (κ1) is 13.1. The van der Waals surface area contributed by atoms with Crippen LogP contribution in [0.5, 0.6) is 0 Å². The maximum absolute atomic E-state index is 11.8. The normalized spacial score (nSPS) is 37.2. The Kier molecular flexibility index (Phi) is 3.14. The molecule has 112 valence electrons. The van der Waals surface area contributed by atoms with Crippen molar-refractivity contribution in [1.29, 1.82) is 0 Å². The number of amides is 1. The number of benzene rings is 1. The lowest BCUT2D eigenvalue weighted by Gasteiger charge is -2.48. The molecule has 0 spiro atoms. The molecule has 3 atom stereocenters. The van der Waals surface area contributed by atoms with Gasteiger partial charge in [-0.2, -0.15) is 0 Å². The zero-order chi connectivity index (χ0) is 14.4. The third-order valence-electron chi connectivity index (χ3n) is 5.54. The summed E-state index contributed by atoms with van der Waals surface area (Å²) in [6.45, 7) is 3.25. The minimum Gasteiger partial charge on any atom is -0.465 e. The molecule has 3 aliphatic heterocycles. The predicted octanol–water partition coefficient (Wildman–Crippen LogP) is 2.62. The molecule has 1 amide bonds. The summed E-state index contributed by atoms with van der Waals surface area (Å²) >= 11 is 0. The Hall–Kier alpha value is -1.55. The Bertz CT molecular complexity index is 525. The number of piperidine rings is 3. The number of carboxylic acid groups (broad SMARTS) is 1. The smallest absolute Gasteiger partial charge is 0.407 e. The fourth-order valence-corrected chi connectivity index (χ4v) is 4.33. The highest BCUT2D eigenvalue weighted by Crippen LogP contribution is 2.47. The fourth-order valence-electron chi connectivity index (χ4n) is 4.33. The van der Waals surface area contributed by atoms with Gasteiger partial charge in [-0.05, 0) is 43.8 Å². The van der Waals surface area contributed by atoms with Gasteiger partial charge >= 0.3 is 6.09 Å². The predicted molar refractivity (Wildman–Crippen MR) is 80.4 cm³/mol. The Morgan fingerprint density at radius 1 is 1.14 bits per heavy atom. The second-order valence-electron chi connectivity index (χ2n) is 6.72. The fraction of sp³-hybridized carbons (Fsp3) is 0.588.